The zero-order chi connectivity index (χ0) is 26.9. The van der Waals surface area contributed by atoms with Crippen molar-refractivity contribution >= 4 is 33.6 Å². The van der Waals surface area contributed by atoms with Crippen LogP contribution in [0, 0.1) is 0 Å². The lowest BCUT2D eigenvalue weighted by atomic mass is 10.1. The van der Waals surface area contributed by atoms with E-state index in [2.05, 4.69) is 40.3 Å². The second-order valence-corrected chi connectivity index (χ2v) is 10.2. The highest BCUT2D eigenvalue weighted by Crippen LogP contribution is 2.32. The minimum absolute atomic E-state index is 0.490. The summed E-state index contributed by atoms with van der Waals surface area (Å²) < 4.78 is 0. The molecule has 1 atom stereocenters. The first-order valence-corrected chi connectivity index (χ1v) is 13.6. The van der Waals surface area contributed by atoms with E-state index in [1.165, 1.54) is 19.3 Å². The van der Waals surface area contributed by atoms with Crippen LogP contribution in [0.2, 0.25) is 0 Å². The molecule has 6 aromatic rings. The van der Waals surface area contributed by atoms with Crippen molar-refractivity contribution in [2.75, 3.05) is 23.3 Å². The van der Waals surface area contributed by atoms with Crippen molar-refractivity contribution in [1.29, 1.82) is 0 Å². The molecular weight excluding hydrogens is 502 g/mol. The zero-order valence-electron chi connectivity index (χ0n) is 21.9. The first-order valence-electron chi connectivity index (χ1n) is 13.6. The summed E-state index contributed by atoms with van der Waals surface area (Å²) >= 11 is 0. The average Bonchev–Trinajstić information content (AvgIpc) is 3.62. The van der Waals surface area contributed by atoms with E-state index >= 15 is 0 Å². The molecule has 6 heterocycles. The molecule has 1 aromatic carbocycles. The fraction of sp³-hybridized carbons (Fsp3) is 0.233. The van der Waals surface area contributed by atoms with Gasteiger partial charge in [-0.3, -0.25) is 10.1 Å². The zero-order valence-corrected chi connectivity index (χ0v) is 21.9. The number of aliphatic hydroxyl groups excluding tert-OH is 1. The van der Waals surface area contributed by atoms with Crippen LogP contribution >= 0.6 is 0 Å². The predicted molar refractivity (Wildman–Crippen MR) is 156 cm³/mol. The second-order valence-electron chi connectivity index (χ2n) is 10.2. The van der Waals surface area contributed by atoms with Crippen molar-refractivity contribution < 1.29 is 5.11 Å². The van der Waals surface area contributed by atoms with E-state index in [4.69, 9.17) is 4.98 Å². The van der Waals surface area contributed by atoms with E-state index in [1.807, 2.05) is 54.7 Å². The molecule has 5 aromatic heterocycles. The van der Waals surface area contributed by atoms with Crippen molar-refractivity contribution in [3.8, 4) is 22.6 Å². The number of hydrogen-bond acceptors (Lipinski definition) is 8. The summed E-state index contributed by atoms with van der Waals surface area (Å²) in [6.45, 7) is 2.00. The van der Waals surface area contributed by atoms with E-state index in [1.54, 1.807) is 18.6 Å². The van der Waals surface area contributed by atoms with E-state index in [0.29, 0.717) is 17.9 Å². The molecule has 7 rings (SSSR count). The number of imidazole rings is 1. The number of aliphatic hydroxyl groups is 1. The molecule has 200 valence electrons. The minimum Gasteiger partial charge on any atom is -0.373 e. The summed E-state index contributed by atoms with van der Waals surface area (Å²) in [6, 6.07) is 15.8. The molecule has 1 aliphatic rings. The summed E-state index contributed by atoms with van der Waals surface area (Å²) in [4.78, 5) is 24.4. The van der Waals surface area contributed by atoms with Gasteiger partial charge in [0.1, 0.15) is 17.4 Å². The molecule has 0 aliphatic carbocycles. The summed E-state index contributed by atoms with van der Waals surface area (Å²) in [5.41, 5.74) is 6.72. The molecule has 0 saturated carbocycles. The average molecular weight is 532 g/mol. The molecule has 10 nitrogen and oxygen atoms in total. The maximum atomic E-state index is 10.6. The van der Waals surface area contributed by atoms with Gasteiger partial charge in [0.25, 0.3) is 0 Å². The van der Waals surface area contributed by atoms with Gasteiger partial charge in [-0.2, -0.15) is 5.10 Å². The molecule has 1 fully saturated rings. The lowest BCUT2D eigenvalue weighted by Crippen LogP contribution is -2.30. The summed E-state index contributed by atoms with van der Waals surface area (Å²) in [5.74, 6) is 1.62. The SMILES string of the molecule is OC(Cc1ccccc1)Nc1cncc(-c2cnc3n[nH]c(-c4nc5c(N6CCCCC6)nccc5[nH]4)c3c2)c1. The van der Waals surface area contributed by atoms with Gasteiger partial charge in [0.15, 0.2) is 17.3 Å². The van der Waals surface area contributed by atoms with Gasteiger partial charge in [-0.05, 0) is 43.0 Å². The van der Waals surface area contributed by atoms with Crippen LogP contribution in [0.3, 0.4) is 0 Å². The Hall–Kier alpha value is -4.83. The van der Waals surface area contributed by atoms with E-state index in [9.17, 15) is 5.11 Å². The largest absolute Gasteiger partial charge is 0.373 e. The van der Waals surface area contributed by atoms with Crippen LogP contribution < -0.4 is 10.2 Å². The first kappa shape index (κ1) is 24.2. The third-order valence-corrected chi connectivity index (χ3v) is 7.36. The minimum atomic E-state index is -0.738. The summed E-state index contributed by atoms with van der Waals surface area (Å²) in [6.07, 6.45) is 10.5. The number of fused-ring (bicyclic) bond motifs is 2. The summed E-state index contributed by atoms with van der Waals surface area (Å²) in [5, 5.41) is 22.1. The first-order chi connectivity index (χ1) is 19.7. The predicted octanol–water partition coefficient (Wildman–Crippen LogP) is 4.92. The fourth-order valence-corrected chi connectivity index (χ4v) is 5.37. The van der Waals surface area contributed by atoms with E-state index < -0.39 is 6.23 Å². The highest BCUT2D eigenvalue weighted by Gasteiger charge is 2.20. The number of aromatic amines is 2. The third kappa shape index (κ3) is 4.73. The number of pyridine rings is 3. The molecular formula is C30H29N9O. The van der Waals surface area contributed by atoms with Crippen LogP contribution in [-0.2, 0) is 6.42 Å². The Balaban J connectivity index is 1.18. The number of anilines is 2. The van der Waals surface area contributed by atoms with Crippen LogP contribution in [-0.4, -0.2) is 59.5 Å². The van der Waals surface area contributed by atoms with Crippen LogP contribution in [0.1, 0.15) is 24.8 Å². The maximum absolute atomic E-state index is 10.6. The van der Waals surface area contributed by atoms with E-state index in [0.717, 1.165) is 63.4 Å². The van der Waals surface area contributed by atoms with Crippen LogP contribution in [0.5, 0.6) is 0 Å². The van der Waals surface area contributed by atoms with Crippen molar-refractivity contribution in [3.63, 3.8) is 0 Å². The van der Waals surface area contributed by atoms with Gasteiger partial charge in [-0.1, -0.05) is 30.3 Å². The Kier molecular flexibility index (Phi) is 6.29. The second kappa shape index (κ2) is 10.4. The van der Waals surface area contributed by atoms with Gasteiger partial charge in [-0.25, -0.2) is 15.0 Å². The topological polar surface area (TPSA) is 132 Å². The van der Waals surface area contributed by atoms with Gasteiger partial charge < -0.3 is 20.3 Å². The number of benzene rings is 1. The number of aromatic nitrogens is 7. The molecule has 4 N–H and O–H groups in total. The van der Waals surface area contributed by atoms with Crippen molar-refractivity contribution in [3.05, 3.63) is 78.9 Å². The standard InChI is InChI=1S/C30H29N9O/c40-25(13-19-7-3-1-4-8-19)34-22-14-20(16-31-18-22)21-15-23-26(37-38-28(23)33-17-21)29-35-24-9-10-32-30(27(24)36-29)39-11-5-2-6-12-39/h1,3-4,7-10,14-18,25,34,40H,2,5-6,11-13H2,(H,35,36)(H,33,37,38). The monoisotopic (exact) mass is 531 g/mol. The molecule has 0 bridgehead atoms. The highest BCUT2D eigenvalue weighted by atomic mass is 16.3. The highest BCUT2D eigenvalue weighted by molar-refractivity contribution is 5.95. The molecule has 1 aliphatic heterocycles. The molecule has 1 saturated heterocycles. The van der Waals surface area contributed by atoms with Crippen molar-refractivity contribution in [1.82, 2.24) is 35.1 Å². The Morgan fingerprint density at radius 1 is 0.950 bits per heavy atom. The van der Waals surface area contributed by atoms with Crippen LogP contribution in [0.4, 0.5) is 11.5 Å². The van der Waals surface area contributed by atoms with Gasteiger partial charge in [0, 0.05) is 49.2 Å². The van der Waals surface area contributed by atoms with Gasteiger partial charge >= 0.3 is 0 Å². The molecule has 0 spiro atoms. The van der Waals surface area contributed by atoms with Gasteiger partial charge in [0.2, 0.25) is 0 Å². The quantitative estimate of drug-likeness (QED) is 0.214. The van der Waals surface area contributed by atoms with Crippen molar-refractivity contribution in [2.24, 2.45) is 0 Å². The van der Waals surface area contributed by atoms with Crippen LogP contribution in [0.15, 0.2) is 73.3 Å². The Morgan fingerprint density at radius 2 is 1.80 bits per heavy atom. The number of piperidine rings is 1. The normalized spacial score (nSPS) is 14.6. The smallest absolute Gasteiger partial charge is 0.181 e. The number of H-pyrrole nitrogens is 2. The lowest BCUT2D eigenvalue weighted by Gasteiger charge is -2.27. The number of nitrogens with one attached hydrogen (secondary N) is 3. The third-order valence-electron chi connectivity index (χ3n) is 7.36. The van der Waals surface area contributed by atoms with Gasteiger partial charge in [-0.15, -0.1) is 0 Å². The molecule has 1 unspecified atom stereocenters. The molecule has 0 radical (unpaired) electrons. The Labute approximate surface area is 230 Å². The lowest BCUT2D eigenvalue weighted by molar-refractivity contribution is 0.204. The summed E-state index contributed by atoms with van der Waals surface area (Å²) in [7, 11) is 0. The molecule has 10 heteroatoms. The number of rotatable bonds is 7. The van der Waals surface area contributed by atoms with Gasteiger partial charge in [0.05, 0.1) is 22.8 Å². The van der Waals surface area contributed by atoms with E-state index in [-0.39, 0.29) is 0 Å². The molecule has 40 heavy (non-hydrogen) atoms. The van der Waals surface area contributed by atoms with Crippen LogP contribution in [0.25, 0.3) is 44.7 Å². The Morgan fingerprint density at radius 3 is 2.67 bits per heavy atom. The molecule has 0 amide bonds. The number of nitrogens with zero attached hydrogens (tertiary/aromatic N) is 6. The number of hydrogen-bond donors (Lipinski definition) is 4. The Bertz CT molecular complexity index is 1770. The fourth-order valence-electron chi connectivity index (χ4n) is 5.37. The van der Waals surface area contributed by atoms with Crippen molar-refractivity contribution in [2.45, 2.75) is 31.9 Å². The maximum Gasteiger partial charge on any atom is 0.181 e.